The minimum atomic E-state index is -0.222. The van der Waals surface area contributed by atoms with Gasteiger partial charge in [-0.25, -0.2) is 0 Å². The number of nitrogens with zero attached hydrogens (tertiary/aromatic N) is 1. The molecule has 1 aliphatic rings. The van der Waals surface area contributed by atoms with Crippen molar-refractivity contribution in [3.05, 3.63) is 23.8 Å². The molecule has 1 aromatic carbocycles. The van der Waals surface area contributed by atoms with Crippen molar-refractivity contribution < 1.29 is 19.1 Å². The van der Waals surface area contributed by atoms with E-state index < -0.39 is 0 Å². The van der Waals surface area contributed by atoms with Crippen molar-refractivity contribution in [3.8, 4) is 11.5 Å². The van der Waals surface area contributed by atoms with Gasteiger partial charge in [0.25, 0.3) is 11.8 Å². The van der Waals surface area contributed by atoms with Crippen LogP contribution in [-0.4, -0.2) is 55.6 Å². The van der Waals surface area contributed by atoms with Gasteiger partial charge in [-0.05, 0) is 51.3 Å². The van der Waals surface area contributed by atoms with Crippen LogP contribution in [0.5, 0.6) is 11.5 Å². The minimum absolute atomic E-state index is 0.0225. The van der Waals surface area contributed by atoms with Crippen molar-refractivity contribution in [1.29, 1.82) is 0 Å². The number of ether oxygens (including phenoxy) is 2. The summed E-state index contributed by atoms with van der Waals surface area (Å²) in [5.41, 5.74) is 6.00. The Balaban J connectivity index is 2.02. The van der Waals surface area contributed by atoms with E-state index in [9.17, 15) is 9.59 Å². The Morgan fingerprint density at radius 3 is 2.58 bits per heavy atom. The molecule has 0 spiro atoms. The summed E-state index contributed by atoms with van der Waals surface area (Å²) < 4.78 is 11.3. The maximum absolute atomic E-state index is 12.3. The number of piperidine rings is 1. The van der Waals surface area contributed by atoms with Crippen molar-refractivity contribution in [2.24, 2.45) is 5.73 Å². The number of hydrogen-bond donors (Lipinski definition) is 2. The summed E-state index contributed by atoms with van der Waals surface area (Å²) in [6.45, 7) is 6.04. The molecule has 1 fully saturated rings. The van der Waals surface area contributed by atoms with Crippen molar-refractivity contribution in [1.82, 2.24) is 10.2 Å². The zero-order valence-corrected chi connectivity index (χ0v) is 15.6. The molecule has 144 valence electrons. The maximum atomic E-state index is 12.3. The van der Waals surface area contributed by atoms with E-state index in [0.717, 1.165) is 25.9 Å². The molecule has 2 rings (SSSR count). The van der Waals surface area contributed by atoms with Gasteiger partial charge in [-0.15, -0.1) is 0 Å². The van der Waals surface area contributed by atoms with Crippen LogP contribution in [0.2, 0.25) is 0 Å². The summed E-state index contributed by atoms with van der Waals surface area (Å²) in [6.07, 6.45) is 3.26. The van der Waals surface area contributed by atoms with E-state index in [2.05, 4.69) is 5.32 Å². The Morgan fingerprint density at radius 2 is 1.92 bits per heavy atom. The Kier molecular flexibility index (Phi) is 7.72. The second-order valence-electron chi connectivity index (χ2n) is 6.43. The zero-order chi connectivity index (χ0) is 18.9. The second-order valence-corrected chi connectivity index (χ2v) is 6.43. The molecule has 0 radical (unpaired) electrons. The summed E-state index contributed by atoms with van der Waals surface area (Å²) >= 11 is 0. The molecule has 7 nitrogen and oxygen atoms in total. The molecule has 26 heavy (non-hydrogen) atoms. The van der Waals surface area contributed by atoms with Gasteiger partial charge >= 0.3 is 0 Å². The summed E-state index contributed by atoms with van der Waals surface area (Å²) in [6, 6.07) is 4.83. The lowest BCUT2D eigenvalue weighted by molar-refractivity contribution is -0.134. The average molecular weight is 363 g/mol. The van der Waals surface area contributed by atoms with Gasteiger partial charge in [0.05, 0.1) is 6.61 Å². The van der Waals surface area contributed by atoms with E-state index in [1.807, 2.05) is 18.7 Å². The van der Waals surface area contributed by atoms with Gasteiger partial charge < -0.3 is 25.4 Å². The van der Waals surface area contributed by atoms with Gasteiger partial charge in [0.2, 0.25) is 0 Å². The van der Waals surface area contributed by atoms with Gasteiger partial charge in [0.1, 0.15) is 0 Å². The third-order valence-electron chi connectivity index (χ3n) is 4.30. The molecule has 1 heterocycles. The molecule has 0 aliphatic carbocycles. The molecule has 7 heteroatoms. The van der Waals surface area contributed by atoms with Gasteiger partial charge in [0, 0.05) is 31.2 Å². The fraction of sp³-hybridized carbons (Fsp3) is 0.579. The lowest BCUT2D eigenvalue weighted by Crippen LogP contribution is -2.38. The first-order valence-corrected chi connectivity index (χ1v) is 9.23. The van der Waals surface area contributed by atoms with E-state index in [4.69, 9.17) is 15.2 Å². The Bertz CT molecular complexity index is 615. The highest BCUT2D eigenvalue weighted by Crippen LogP contribution is 2.28. The minimum Gasteiger partial charge on any atom is -0.490 e. The standard InChI is InChI=1S/C19H29N3O4/c1-3-25-17-11-15(19(24)21-14(2)12-20)7-8-16(17)26-13-18(23)22-9-5-4-6-10-22/h7-8,11,14H,3-6,9-10,12-13,20H2,1-2H3,(H,21,24)/t14-/m0/s1. The third kappa shape index (κ3) is 5.62. The second kappa shape index (κ2) is 10.0. The molecule has 1 aliphatic heterocycles. The molecule has 0 unspecified atom stereocenters. The molecule has 1 aromatic rings. The molecule has 3 N–H and O–H groups in total. The van der Waals surface area contributed by atoms with E-state index >= 15 is 0 Å². The number of nitrogens with two attached hydrogens (primary N) is 1. The van der Waals surface area contributed by atoms with E-state index in [0.29, 0.717) is 30.2 Å². The normalized spacial score (nSPS) is 15.3. The number of nitrogens with one attached hydrogen (secondary N) is 1. The molecule has 2 amide bonds. The highest BCUT2D eigenvalue weighted by molar-refractivity contribution is 5.95. The summed E-state index contributed by atoms with van der Waals surface area (Å²) in [5.74, 6) is 0.665. The molecule has 1 saturated heterocycles. The van der Waals surface area contributed by atoms with Crippen molar-refractivity contribution >= 4 is 11.8 Å². The molecule has 1 atom stereocenters. The molecule has 0 bridgehead atoms. The van der Waals surface area contributed by atoms with E-state index in [1.165, 1.54) is 6.42 Å². The lowest BCUT2D eigenvalue weighted by atomic mass is 10.1. The predicted molar refractivity (Wildman–Crippen MR) is 99.5 cm³/mol. The Hall–Kier alpha value is -2.28. The fourth-order valence-electron chi connectivity index (χ4n) is 2.78. The van der Waals surface area contributed by atoms with Crippen molar-refractivity contribution in [2.45, 2.75) is 39.2 Å². The van der Waals surface area contributed by atoms with Crippen LogP contribution in [0.15, 0.2) is 18.2 Å². The molecule has 0 aromatic heterocycles. The van der Waals surface area contributed by atoms with Crippen LogP contribution in [0.3, 0.4) is 0 Å². The number of hydrogen-bond acceptors (Lipinski definition) is 5. The van der Waals surface area contributed by atoms with E-state index in [-0.39, 0.29) is 24.5 Å². The number of likely N-dealkylation sites (tertiary alicyclic amines) is 1. The van der Waals surface area contributed by atoms with Crippen LogP contribution in [0.25, 0.3) is 0 Å². The Labute approximate surface area is 154 Å². The zero-order valence-electron chi connectivity index (χ0n) is 15.6. The van der Waals surface area contributed by atoms with Gasteiger partial charge in [-0.1, -0.05) is 0 Å². The molecular weight excluding hydrogens is 334 g/mol. The smallest absolute Gasteiger partial charge is 0.260 e. The van der Waals surface area contributed by atoms with Crippen molar-refractivity contribution in [3.63, 3.8) is 0 Å². The van der Waals surface area contributed by atoms with Crippen LogP contribution in [0.1, 0.15) is 43.5 Å². The monoisotopic (exact) mass is 363 g/mol. The van der Waals surface area contributed by atoms with Crippen LogP contribution < -0.4 is 20.5 Å². The van der Waals surface area contributed by atoms with Gasteiger partial charge in [0.15, 0.2) is 18.1 Å². The number of carbonyl (C=O) groups excluding carboxylic acids is 2. The van der Waals surface area contributed by atoms with Crippen LogP contribution in [0.4, 0.5) is 0 Å². The number of carbonyl (C=O) groups is 2. The number of amides is 2. The topological polar surface area (TPSA) is 93.9 Å². The fourth-order valence-corrected chi connectivity index (χ4v) is 2.78. The largest absolute Gasteiger partial charge is 0.490 e. The molecular formula is C19H29N3O4. The van der Waals surface area contributed by atoms with Crippen LogP contribution in [-0.2, 0) is 4.79 Å². The highest BCUT2D eigenvalue weighted by atomic mass is 16.5. The first-order chi connectivity index (χ1) is 12.5. The first kappa shape index (κ1) is 20.0. The Morgan fingerprint density at radius 1 is 1.19 bits per heavy atom. The highest BCUT2D eigenvalue weighted by Gasteiger charge is 2.18. The van der Waals surface area contributed by atoms with Crippen LogP contribution in [0, 0.1) is 0 Å². The van der Waals surface area contributed by atoms with Gasteiger partial charge in [-0.3, -0.25) is 9.59 Å². The lowest BCUT2D eigenvalue weighted by Gasteiger charge is -2.26. The quantitative estimate of drug-likeness (QED) is 0.731. The maximum Gasteiger partial charge on any atom is 0.260 e. The van der Waals surface area contributed by atoms with Gasteiger partial charge in [-0.2, -0.15) is 0 Å². The average Bonchev–Trinajstić information content (AvgIpc) is 2.67. The number of benzene rings is 1. The summed E-state index contributed by atoms with van der Waals surface area (Å²) in [4.78, 5) is 26.3. The third-order valence-corrected chi connectivity index (χ3v) is 4.30. The summed E-state index contributed by atoms with van der Waals surface area (Å²) in [5, 5.41) is 2.81. The summed E-state index contributed by atoms with van der Waals surface area (Å²) in [7, 11) is 0. The van der Waals surface area contributed by atoms with Crippen LogP contribution >= 0.6 is 0 Å². The first-order valence-electron chi connectivity index (χ1n) is 9.23. The molecule has 0 saturated carbocycles. The van der Waals surface area contributed by atoms with Crippen molar-refractivity contribution in [2.75, 3.05) is 32.8 Å². The number of rotatable bonds is 8. The van der Waals surface area contributed by atoms with E-state index in [1.54, 1.807) is 18.2 Å². The predicted octanol–water partition coefficient (Wildman–Crippen LogP) is 1.55. The SMILES string of the molecule is CCOc1cc(C(=O)N[C@@H](C)CN)ccc1OCC(=O)N1CCCCC1.